The average Bonchev–Trinajstić information content (AvgIpc) is 3.30. The standard InChI is InChI=1S/C24H16F17N3O/c1-16(2,3)11-8-10(9-14(15(11)45)44-42-12-6-4-5-7-13(12)43-44)17(25,26)18(27,28)19(29,30)20(31,32)21(33,34)22(35,36)23(37,38)24(39,40)41/h4-9,45H,1-3H3. The molecule has 0 aliphatic carbocycles. The summed E-state index contributed by atoms with van der Waals surface area (Å²) in [6.45, 7) is 3.35. The molecule has 0 radical (unpaired) electrons. The van der Waals surface area contributed by atoms with Crippen molar-refractivity contribution >= 4 is 11.0 Å². The molecular formula is C24H16F17N3O. The van der Waals surface area contributed by atoms with E-state index >= 15 is 8.78 Å². The normalized spacial score (nSPS) is 15.2. The van der Waals surface area contributed by atoms with Crippen molar-refractivity contribution < 1.29 is 79.7 Å². The molecule has 3 rings (SSSR count). The number of phenols is 1. The Labute approximate surface area is 239 Å². The molecule has 1 N–H and O–H groups in total. The Kier molecular flexibility index (Phi) is 7.96. The van der Waals surface area contributed by atoms with Gasteiger partial charge in [-0.3, -0.25) is 0 Å². The third-order valence-electron chi connectivity index (χ3n) is 6.48. The number of hydrogen-bond donors (Lipinski definition) is 1. The summed E-state index contributed by atoms with van der Waals surface area (Å²) in [7, 11) is 0. The van der Waals surface area contributed by atoms with Crippen LogP contribution in [0.3, 0.4) is 0 Å². The molecule has 2 aromatic carbocycles. The number of aromatic nitrogens is 3. The smallest absolute Gasteiger partial charge is 0.460 e. The molecule has 252 valence electrons. The highest BCUT2D eigenvalue weighted by atomic mass is 19.4. The second-order valence-corrected chi connectivity index (χ2v) is 10.6. The van der Waals surface area contributed by atoms with E-state index in [2.05, 4.69) is 10.2 Å². The second kappa shape index (κ2) is 9.97. The quantitative estimate of drug-likeness (QED) is 0.241. The van der Waals surface area contributed by atoms with E-state index in [0.717, 1.165) is 20.8 Å². The summed E-state index contributed by atoms with van der Waals surface area (Å²) in [5.41, 5.74) is -6.09. The van der Waals surface area contributed by atoms with E-state index in [1.54, 1.807) is 0 Å². The van der Waals surface area contributed by atoms with E-state index in [1.807, 2.05) is 0 Å². The third-order valence-corrected chi connectivity index (χ3v) is 6.48. The molecule has 0 aliphatic heterocycles. The molecule has 0 aliphatic rings. The monoisotopic (exact) mass is 685 g/mol. The first-order valence-electron chi connectivity index (χ1n) is 11.7. The van der Waals surface area contributed by atoms with Gasteiger partial charge in [-0.15, -0.1) is 15.0 Å². The minimum atomic E-state index is -8.74. The maximum atomic E-state index is 15.2. The molecule has 1 heterocycles. The number of phenolic OH excluding ortho intramolecular Hbond substituents is 1. The molecule has 0 atom stereocenters. The zero-order valence-corrected chi connectivity index (χ0v) is 22.2. The maximum absolute atomic E-state index is 15.2. The summed E-state index contributed by atoms with van der Waals surface area (Å²) >= 11 is 0. The van der Waals surface area contributed by atoms with E-state index < -0.39 is 75.6 Å². The summed E-state index contributed by atoms with van der Waals surface area (Å²) in [6.07, 6.45) is -7.84. The maximum Gasteiger partial charge on any atom is 0.460 e. The predicted octanol–water partition coefficient (Wildman–Crippen LogP) is 8.89. The highest BCUT2D eigenvalue weighted by Crippen LogP contribution is 2.65. The Hall–Kier alpha value is -3.55. The van der Waals surface area contributed by atoms with Gasteiger partial charge in [-0.1, -0.05) is 32.9 Å². The molecule has 0 amide bonds. The Morgan fingerprint density at radius 3 is 1.31 bits per heavy atom. The van der Waals surface area contributed by atoms with Crippen molar-refractivity contribution in [1.29, 1.82) is 0 Å². The van der Waals surface area contributed by atoms with E-state index in [-0.39, 0.29) is 23.2 Å². The van der Waals surface area contributed by atoms with Gasteiger partial charge in [0.1, 0.15) is 22.5 Å². The van der Waals surface area contributed by atoms with Crippen LogP contribution in [0.4, 0.5) is 74.6 Å². The number of halogens is 17. The molecule has 0 saturated carbocycles. The van der Waals surface area contributed by atoms with Crippen LogP contribution >= 0.6 is 0 Å². The Morgan fingerprint density at radius 1 is 0.556 bits per heavy atom. The number of alkyl halides is 17. The first-order chi connectivity index (χ1) is 19.8. The van der Waals surface area contributed by atoms with Crippen LogP contribution in [0.25, 0.3) is 16.7 Å². The minimum Gasteiger partial charge on any atom is -0.505 e. The van der Waals surface area contributed by atoms with Crippen LogP contribution in [0.5, 0.6) is 5.75 Å². The van der Waals surface area contributed by atoms with E-state index in [1.165, 1.54) is 24.3 Å². The van der Waals surface area contributed by atoms with Crippen molar-refractivity contribution in [3.8, 4) is 11.4 Å². The van der Waals surface area contributed by atoms with Crippen molar-refractivity contribution in [2.75, 3.05) is 0 Å². The molecule has 0 saturated heterocycles. The molecule has 0 fully saturated rings. The number of nitrogens with zero attached hydrogens (tertiary/aromatic N) is 3. The predicted molar refractivity (Wildman–Crippen MR) is 119 cm³/mol. The molecular weight excluding hydrogens is 669 g/mol. The van der Waals surface area contributed by atoms with Gasteiger partial charge in [0, 0.05) is 11.1 Å². The molecule has 0 spiro atoms. The van der Waals surface area contributed by atoms with Gasteiger partial charge in [0.15, 0.2) is 0 Å². The van der Waals surface area contributed by atoms with Crippen LogP contribution in [-0.4, -0.2) is 61.8 Å². The number of rotatable bonds is 8. The van der Waals surface area contributed by atoms with Crippen LogP contribution < -0.4 is 0 Å². The van der Waals surface area contributed by atoms with Crippen LogP contribution in [0.1, 0.15) is 31.9 Å². The molecule has 1 aromatic heterocycles. The fourth-order valence-electron chi connectivity index (χ4n) is 3.84. The summed E-state index contributed by atoms with van der Waals surface area (Å²) in [5, 5.41) is 18.2. The fraction of sp³-hybridized carbons (Fsp3) is 0.500. The van der Waals surface area contributed by atoms with Crippen LogP contribution in [0, 0.1) is 0 Å². The Bertz CT molecular complexity index is 1550. The molecule has 4 nitrogen and oxygen atoms in total. The van der Waals surface area contributed by atoms with Crippen molar-refractivity contribution in [3.05, 3.63) is 47.5 Å². The van der Waals surface area contributed by atoms with Gasteiger partial charge in [-0.05, 0) is 29.7 Å². The average molecular weight is 685 g/mol. The topological polar surface area (TPSA) is 50.9 Å². The summed E-state index contributed by atoms with van der Waals surface area (Å²) in [4.78, 5) is 0.299. The molecule has 45 heavy (non-hydrogen) atoms. The molecule has 3 aromatic rings. The summed E-state index contributed by atoms with van der Waals surface area (Å²) < 4.78 is 235. The van der Waals surface area contributed by atoms with Gasteiger partial charge >= 0.3 is 47.6 Å². The largest absolute Gasteiger partial charge is 0.505 e. The number of fused-ring (bicyclic) bond motifs is 1. The van der Waals surface area contributed by atoms with E-state index in [0.29, 0.717) is 4.80 Å². The highest BCUT2D eigenvalue weighted by Gasteiger charge is 2.95. The first-order valence-corrected chi connectivity index (χ1v) is 11.7. The first kappa shape index (κ1) is 35.9. The zero-order valence-electron chi connectivity index (χ0n) is 22.2. The van der Waals surface area contributed by atoms with Crippen LogP contribution in [0.2, 0.25) is 0 Å². The number of benzene rings is 2. The molecule has 0 unspecified atom stereocenters. The lowest BCUT2D eigenvalue weighted by Crippen LogP contribution is -2.74. The van der Waals surface area contributed by atoms with Crippen molar-refractivity contribution in [2.24, 2.45) is 0 Å². The Morgan fingerprint density at radius 2 is 0.933 bits per heavy atom. The lowest BCUT2D eigenvalue weighted by Gasteiger charge is -2.43. The summed E-state index contributed by atoms with van der Waals surface area (Å²) in [6, 6.07) is 4.81. The van der Waals surface area contributed by atoms with Crippen molar-refractivity contribution in [1.82, 2.24) is 15.0 Å². The lowest BCUT2D eigenvalue weighted by molar-refractivity contribution is -0.462. The number of hydrogen-bond acceptors (Lipinski definition) is 3. The van der Waals surface area contributed by atoms with Gasteiger partial charge < -0.3 is 5.11 Å². The van der Waals surface area contributed by atoms with Gasteiger partial charge in [0.25, 0.3) is 0 Å². The van der Waals surface area contributed by atoms with Crippen LogP contribution in [0.15, 0.2) is 36.4 Å². The lowest BCUT2D eigenvalue weighted by atomic mass is 9.82. The highest BCUT2D eigenvalue weighted by molar-refractivity contribution is 5.74. The minimum absolute atomic E-state index is 0.0401. The third kappa shape index (κ3) is 4.90. The second-order valence-electron chi connectivity index (χ2n) is 10.6. The van der Waals surface area contributed by atoms with Gasteiger partial charge in [0.2, 0.25) is 0 Å². The number of aromatic hydroxyl groups is 1. The van der Waals surface area contributed by atoms with Crippen molar-refractivity contribution in [2.45, 2.75) is 73.8 Å². The van der Waals surface area contributed by atoms with Gasteiger partial charge in [-0.25, -0.2) is 0 Å². The SMILES string of the molecule is CC(C)(C)c1cc(C(F)(F)C(F)(F)C(F)(F)C(F)(F)C(F)(F)C(F)(F)C(F)(F)C(F)(F)F)cc(-n2nc3ccccc3n2)c1O. The molecule has 21 heteroatoms. The summed E-state index contributed by atoms with van der Waals surface area (Å²) in [5.74, 6) is -58.6. The van der Waals surface area contributed by atoms with E-state index in [9.17, 15) is 71.0 Å². The van der Waals surface area contributed by atoms with Gasteiger partial charge in [0.05, 0.1) is 0 Å². The fourth-order valence-corrected chi connectivity index (χ4v) is 3.84. The Balaban J connectivity index is 2.28. The van der Waals surface area contributed by atoms with Crippen molar-refractivity contribution in [3.63, 3.8) is 0 Å². The van der Waals surface area contributed by atoms with Gasteiger partial charge in [-0.2, -0.15) is 74.6 Å². The molecule has 0 bridgehead atoms. The van der Waals surface area contributed by atoms with Crippen LogP contribution in [-0.2, 0) is 11.3 Å². The zero-order chi connectivity index (χ0) is 35.2. The van der Waals surface area contributed by atoms with E-state index in [4.69, 9.17) is 0 Å².